The normalized spacial score (nSPS) is 11.3. The van der Waals surface area contributed by atoms with Gasteiger partial charge in [0, 0.05) is 6.54 Å². The van der Waals surface area contributed by atoms with E-state index in [1.807, 2.05) is 0 Å². The molecule has 0 aliphatic rings. The first-order valence-corrected chi connectivity index (χ1v) is 6.56. The minimum atomic E-state index is -1.04. The van der Waals surface area contributed by atoms with Crippen molar-refractivity contribution >= 4 is 17.3 Å². The molecule has 0 aliphatic carbocycles. The second kappa shape index (κ2) is 6.43. The maximum atomic E-state index is 11.3. The maximum Gasteiger partial charge on any atom is 0.333 e. The first-order chi connectivity index (χ1) is 9.65. The van der Waals surface area contributed by atoms with Crippen molar-refractivity contribution in [1.29, 1.82) is 0 Å². The summed E-state index contributed by atoms with van der Waals surface area (Å²) in [6.07, 6.45) is -0.200. The van der Waals surface area contributed by atoms with Crippen molar-refractivity contribution in [3.8, 4) is 5.75 Å². The molecule has 2 N–H and O–H groups in total. The molecule has 0 atom stereocenters. The molecule has 0 fully saturated rings. The van der Waals surface area contributed by atoms with Crippen molar-refractivity contribution < 1.29 is 19.6 Å². The van der Waals surface area contributed by atoms with Gasteiger partial charge >= 0.3 is 11.7 Å². The zero-order valence-electron chi connectivity index (χ0n) is 12.5. The molecule has 0 amide bonds. The fourth-order valence-electron chi connectivity index (χ4n) is 1.59. The quantitative estimate of drug-likeness (QED) is 0.592. The first kappa shape index (κ1) is 16.7. The Balaban J connectivity index is 3.07. The van der Waals surface area contributed by atoms with Crippen LogP contribution in [0.1, 0.15) is 27.7 Å². The van der Waals surface area contributed by atoms with Crippen LogP contribution in [0.2, 0.25) is 0 Å². The summed E-state index contributed by atoms with van der Waals surface area (Å²) in [7, 11) is 0. The number of anilines is 1. The van der Waals surface area contributed by atoms with E-state index in [4.69, 9.17) is 9.84 Å². The van der Waals surface area contributed by atoms with E-state index >= 15 is 0 Å². The average molecular weight is 296 g/mol. The molecule has 0 heterocycles. The van der Waals surface area contributed by atoms with Gasteiger partial charge in [-0.3, -0.25) is 14.9 Å². The van der Waals surface area contributed by atoms with Gasteiger partial charge in [-0.1, -0.05) is 6.07 Å². The predicted octanol–water partition coefficient (Wildman–Crippen LogP) is 2.90. The van der Waals surface area contributed by atoms with Gasteiger partial charge in [0.1, 0.15) is 5.69 Å². The Labute approximate surface area is 123 Å². The Hall–Kier alpha value is -2.31. The summed E-state index contributed by atoms with van der Waals surface area (Å²) in [5.74, 6) is -0.819. The number of nitro benzene ring substituents is 1. The lowest BCUT2D eigenvalue weighted by atomic mass is 9.94. The molecule has 0 saturated heterocycles. The van der Waals surface area contributed by atoms with Gasteiger partial charge in [0.2, 0.25) is 0 Å². The number of nitro groups is 1. The van der Waals surface area contributed by atoms with Crippen molar-refractivity contribution in [2.24, 2.45) is 5.41 Å². The SMILES string of the molecule is CC(C)Oc1cccc(NCC(C)(C)C(=O)O)c1[N+](=O)[O-]. The zero-order chi connectivity index (χ0) is 16.2. The van der Waals surface area contributed by atoms with Gasteiger partial charge in [0.05, 0.1) is 16.4 Å². The monoisotopic (exact) mass is 296 g/mol. The summed E-state index contributed by atoms with van der Waals surface area (Å²) in [6.45, 7) is 6.70. The number of hydrogen-bond donors (Lipinski definition) is 2. The Morgan fingerprint density at radius 3 is 2.57 bits per heavy atom. The van der Waals surface area contributed by atoms with Crippen LogP contribution >= 0.6 is 0 Å². The van der Waals surface area contributed by atoms with Crippen molar-refractivity contribution in [3.05, 3.63) is 28.3 Å². The van der Waals surface area contributed by atoms with E-state index in [2.05, 4.69) is 5.32 Å². The molecule has 21 heavy (non-hydrogen) atoms. The summed E-state index contributed by atoms with van der Waals surface area (Å²) >= 11 is 0. The molecule has 0 aromatic heterocycles. The van der Waals surface area contributed by atoms with Gasteiger partial charge in [-0.25, -0.2) is 0 Å². The minimum absolute atomic E-state index is 0.0638. The number of rotatable bonds is 7. The van der Waals surface area contributed by atoms with Crippen LogP contribution in [0.25, 0.3) is 0 Å². The molecule has 0 spiro atoms. The minimum Gasteiger partial charge on any atom is -0.484 e. The van der Waals surface area contributed by atoms with Crippen LogP contribution in [-0.2, 0) is 4.79 Å². The molecule has 116 valence electrons. The fourth-order valence-corrected chi connectivity index (χ4v) is 1.59. The van der Waals surface area contributed by atoms with E-state index < -0.39 is 16.3 Å². The van der Waals surface area contributed by atoms with Crippen molar-refractivity contribution in [3.63, 3.8) is 0 Å². The van der Waals surface area contributed by atoms with Gasteiger partial charge in [-0.2, -0.15) is 0 Å². The van der Waals surface area contributed by atoms with Crippen molar-refractivity contribution in [1.82, 2.24) is 0 Å². The molecule has 0 saturated carbocycles. The third-order valence-electron chi connectivity index (χ3n) is 2.84. The van der Waals surface area contributed by atoms with Gasteiger partial charge in [-0.15, -0.1) is 0 Å². The van der Waals surface area contributed by atoms with E-state index in [1.165, 1.54) is 12.1 Å². The number of carboxylic acid groups (broad SMARTS) is 1. The molecule has 0 aliphatic heterocycles. The molecule has 0 bridgehead atoms. The van der Waals surface area contributed by atoms with Crippen LogP contribution in [0.4, 0.5) is 11.4 Å². The highest BCUT2D eigenvalue weighted by Crippen LogP contribution is 2.35. The predicted molar refractivity (Wildman–Crippen MR) is 78.8 cm³/mol. The number of ether oxygens (including phenoxy) is 1. The Bertz CT molecular complexity index is 540. The van der Waals surface area contributed by atoms with E-state index in [0.29, 0.717) is 0 Å². The topological polar surface area (TPSA) is 102 Å². The first-order valence-electron chi connectivity index (χ1n) is 6.56. The molecule has 1 rings (SSSR count). The summed E-state index contributed by atoms with van der Waals surface area (Å²) in [4.78, 5) is 21.8. The number of benzene rings is 1. The number of aliphatic carboxylic acids is 1. The van der Waals surface area contributed by atoms with E-state index in [9.17, 15) is 14.9 Å². The van der Waals surface area contributed by atoms with Crippen LogP contribution in [0, 0.1) is 15.5 Å². The second-order valence-corrected chi connectivity index (χ2v) is 5.62. The van der Waals surface area contributed by atoms with Crippen LogP contribution in [-0.4, -0.2) is 28.6 Å². The second-order valence-electron chi connectivity index (χ2n) is 5.62. The lowest BCUT2D eigenvalue weighted by Crippen LogP contribution is -2.31. The molecule has 7 heteroatoms. The van der Waals surface area contributed by atoms with Crippen LogP contribution in [0.3, 0.4) is 0 Å². The van der Waals surface area contributed by atoms with Crippen molar-refractivity contribution in [2.75, 3.05) is 11.9 Å². The van der Waals surface area contributed by atoms with E-state index in [0.717, 1.165) is 0 Å². The van der Waals surface area contributed by atoms with E-state index in [-0.39, 0.29) is 29.8 Å². The van der Waals surface area contributed by atoms with Crippen molar-refractivity contribution in [2.45, 2.75) is 33.8 Å². The lowest BCUT2D eigenvalue weighted by Gasteiger charge is -2.20. The third-order valence-corrected chi connectivity index (χ3v) is 2.84. The highest BCUT2D eigenvalue weighted by molar-refractivity contribution is 5.75. The molecule has 1 aromatic carbocycles. The van der Waals surface area contributed by atoms with Crippen LogP contribution in [0.15, 0.2) is 18.2 Å². The molecular weight excluding hydrogens is 276 g/mol. The highest BCUT2D eigenvalue weighted by atomic mass is 16.6. The molecule has 0 radical (unpaired) electrons. The van der Waals surface area contributed by atoms with Gasteiger partial charge in [-0.05, 0) is 39.8 Å². The van der Waals surface area contributed by atoms with Gasteiger partial charge in [0.25, 0.3) is 0 Å². The molecular formula is C14H20N2O5. The number of nitrogens with one attached hydrogen (secondary N) is 1. The number of nitrogens with zero attached hydrogens (tertiary/aromatic N) is 1. The number of para-hydroxylation sites is 1. The largest absolute Gasteiger partial charge is 0.484 e. The van der Waals surface area contributed by atoms with Crippen LogP contribution in [0.5, 0.6) is 5.75 Å². The number of carbonyl (C=O) groups is 1. The zero-order valence-corrected chi connectivity index (χ0v) is 12.5. The molecule has 0 unspecified atom stereocenters. The molecule has 7 nitrogen and oxygen atoms in total. The van der Waals surface area contributed by atoms with Gasteiger partial charge in [0.15, 0.2) is 5.75 Å². The lowest BCUT2D eigenvalue weighted by molar-refractivity contribution is -0.385. The summed E-state index contributed by atoms with van der Waals surface area (Å²) in [5, 5.41) is 23.2. The standard InChI is InChI=1S/C14H20N2O5/c1-9(2)21-11-7-5-6-10(12(11)16(19)20)15-8-14(3,4)13(17)18/h5-7,9,15H,8H2,1-4H3,(H,17,18). The summed E-state index contributed by atoms with van der Waals surface area (Å²) in [5.41, 5.74) is -0.983. The van der Waals surface area contributed by atoms with E-state index in [1.54, 1.807) is 33.8 Å². The third kappa shape index (κ3) is 4.34. The molecule has 1 aromatic rings. The number of carboxylic acids is 1. The van der Waals surface area contributed by atoms with Gasteiger partial charge < -0.3 is 15.2 Å². The van der Waals surface area contributed by atoms with Crippen LogP contribution < -0.4 is 10.1 Å². The Morgan fingerprint density at radius 2 is 2.10 bits per heavy atom. The maximum absolute atomic E-state index is 11.3. The smallest absolute Gasteiger partial charge is 0.333 e. The Kier molecular flexibility index (Phi) is 5.12. The highest BCUT2D eigenvalue weighted by Gasteiger charge is 2.29. The summed E-state index contributed by atoms with van der Waals surface area (Å²) in [6, 6.07) is 4.68. The summed E-state index contributed by atoms with van der Waals surface area (Å²) < 4.78 is 5.43. The fraction of sp³-hybridized carbons (Fsp3) is 0.500. The average Bonchev–Trinajstić information content (AvgIpc) is 2.35. The number of hydrogen-bond acceptors (Lipinski definition) is 5. The Morgan fingerprint density at radius 1 is 1.48 bits per heavy atom.